The van der Waals surface area contributed by atoms with Crippen molar-refractivity contribution >= 4 is 35.2 Å². The lowest BCUT2D eigenvalue weighted by atomic mass is 10.0. The maximum atomic E-state index is 13.6. The molecule has 1 aromatic rings. The van der Waals surface area contributed by atoms with E-state index in [2.05, 4.69) is 5.32 Å². The maximum Gasteiger partial charge on any atom is 0.270 e. The second-order valence-corrected chi connectivity index (χ2v) is 9.90. The van der Waals surface area contributed by atoms with E-state index >= 15 is 0 Å². The van der Waals surface area contributed by atoms with E-state index in [4.69, 9.17) is 16.5 Å². The molecule has 2 aliphatic rings. The van der Waals surface area contributed by atoms with Gasteiger partial charge in [0.1, 0.15) is 5.75 Å². The van der Waals surface area contributed by atoms with Crippen molar-refractivity contribution in [3.05, 3.63) is 23.8 Å². The van der Waals surface area contributed by atoms with Crippen molar-refractivity contribution in [2.24, 2.45) is 0 Å². The summed E-state index contributed by atoms with van der Waals surface area (Å²) in [6.45, 7) is 11.3. The number of nitrogens with zero attached hydrogens (tertiary/aromatic N) is 3. The Morgan fingerprint density at radius 2 is 2.06 bits per heavy atom. The molecule has 0 spiro atoms. The molecule has 3 rings (SSSR count). The Kier molecular flexibility index (Phi) is 7.90. The predicted molar refractivity (Wildman–Crippen MR) is 129 cm³/mol. The van der Waals surface area contributed by atoms with Gasteiger partial charge in [-0.05, 0) is 70.5 Å². The van der Waals surface area contributed by atoms with Crippen molar-refractivity contribution in [1.82, 2.24) is 14.6 Å². The first kappa shape index (κ1) is 25.3. The molecule has 0 saturated carbocycles. The SMILES string of the molecule is CCC(=O)NCCN1C(=O)C(C)(C)Oc2ccc(C(=O)N(C(C)C)[C@@H]3CCCN(Cl)C3)cc21. The third kappa shape index (κ3) is 5.61. The topological polar surface area (TPSA) is 82.2 Å². The summed E-state index contributed by atoms with van der Waals surface area (Å²) in [6.07, 6.45) is 2.21. The summed E-state index contributed by atoms with van der Waals surface area (Å²) in [4.78, 5) is 41.9. The van der Waals surface area contributed by atoms with Gasteiger partial charge in [0.2, 0.25) is 5.91 Å². The van der Waals surface area contributed by atoms with E-state index in [1.54, 1.807) is 48.3 Å². The van der Waals surface area contributed by atoms with Crippen LogP contribution in [0.2, 0.25) is 0 Å². The standard InChI is InChI=1S/C24H35ClN4O4/c1-6-21(30)26-11-13-28-19-14-17(9-10-20(19)33-24(4,5)23(28)32)22(31)29(16(2)3)18-8-7-12-27(25)15-18/h9-10,14,16,18H,6-8,11-13,15H2,1-5H3,(H,26,30)/t18-/m1/s1. The van der Waals surface area contributed by atoms with E-state index in [0.29, 0.717) is 43.1 Å². The van der Waals surface area contributed by atoms with Crippen LogP contribution in [0, 0.1) is 0 Å². The zero-order chi connectivity index (χ0) is 24.3. The Labute approximate surface area is 201 Å². The lowest BCUT2D eigenvalue weighted by molar-refractivity contribution is -0.132. The first-order chi connectivity index (χ1) is 15.5. The molecule has 1 fully saturated rings. The molecule has 33 heavy (non-hydrogen) atoms. The van der Waals surface area contributed by atoms with Crippen LogP contribution >= 0.6 is 11.8 Å². The van der Waals surface area contributed by atoms with Crippen molar-refractivity contribution in [1.29, 1.82) is 0 Å². The van der Waals surface area contributed by atoms with Crippen LogP contribution in [0.25, 0.3) is 0 Å². The average molecular weight is 479 g/mol. The summed E-state index contributed by atoms with van der Waals surface area (Å²) in [6, 6.07) is 5.25. The van der Waals surface area contributed by atoms with Gasteiger partial charge >= 0.3 is 0 Å². The van der Waals surface area contributed by atoms with Gasteiger partial charge in [-0.2, -0.15) is 0 Å². The lowest BCUT2D eigenvalue weighted by Crippen LogP contribution is -2.54. The number of benzene rings is 1. The second kappa shape index (κ2) is 10.3. The summed E-state index contributed by atoms with van der Waals surface area (Å²) in [7, 11) is 0. The summed E-state index contributed by atoms with van der Waals surface area (Å²) in [5.74, 6) is 0.156. The second-order valence-electron chi connectivity index (χ2n) is 9.43. The first-order valence-corrected chi connectivity index (χ1v) is 12.0. The summed E-state index contributed by atoms with van der Waals surface area (Å²) in [5.41, 5.74) is -0.00141. The summed E-state index contributed by atoms with van der Waals surface area (Å²) in [5, 5.41) is 2.81. The van der Waals surface area contributed by atoms with Crippen molar-refractivity contribution in [2.75, 3.05) is 31.1 Å². The minimum absolute atomic E-state index is 0.00104. The first-order valence-electron chi connectivity index (χ1n) is 11.7. The van der Waals surface area contributed by atoms with Gasteiger partial charge in [-0.15, -0.1) is 0 Å². The fourth-order valence-corrected chi connectivity index (χ4v) is 4.74. The number of carbonyl (C=O) groups is 3. The maximum absolute atomic E-state index is 13.6. The Bertz CT molecular complexity index is 904. The van der Waals surface area contributed by atoms with Crippen LogP contribution in [-0.2, 0) is 9.59 Å². The monoisotopic (exact) mass is 478 g/mol. The Hall–Kier alpha value is -2.32. The van der Waals surface area contributed by atoms with E-state index in [9.17, 15) is 14.4 Å². The molecule has 0 unspecified atom stereocenters. The van der Waals surface area contributed by atoms with Gasteiger partial charge in [0.15, 0.2) is 5.60 Å². The number of ether oxygens (including phenoxy) is 1. The molecule has 8 nitrogen and oxygen atoms in total. The zero-order valence-corrected chi connectivity index (χ0v) is 20.9. The van der Waals surface area contributed by atoms with E-state index in [1.807, 2.05) is 18.7 Å². The highest BCUT2D eigenvalue weighted by atomic mass is 35.5. The van der Waals surface area contributed by atoms with Crippen molar-refractivity contribution in [2.45, 2.75) is 71.6 Å². The highest BCUT2D eigenvalue weighted by Crippen LogP contribution is 2.38. The molecule has 1 N–H and O–H groups in total. The molecule has 0 bridgehead atoms. The van der Waals surface area contributed by atoms with E-state index in [1.165, 1.54) is 0 Å². The molecule has 1 atom stereocenters. The van der Waals surface area contributed by atoms with Crippen LogP contribution in [0.4, 0.5) is 5.69 Å². The van der Waals surface area contributed by atoms with Gasteiger partial charge in [-0.1, -0.05) is 6.92 Å². The van der Waals surface area contributed by atoms with Gasteiger partial charge in [0.05, 0.1) is 5.69 Å². The average Bonchev–Trinajstić information content (AvgIpc) is 2.75. The minimum atomic E-state index is -1.04. The zero-order valence-electron chi connectivity index (χ0n) is 20.2. The number of piperidine rings is 1. The number of rotatable bonds is 7. The van der Waals surface area contributed by atoms with Crippen LogP contribution in [-0.4, -0.2) is 70.9 Å². The van der Waals surface area contributed by atoms with Gasteiger partial charge in [-0.3, -0.25) is 14.4 Å². The third-order valence-corrected chi connectivity index (χ3v) is 6.44. The van der Waals surface area contributed by atoms with Gasteiger partial charge in [0.25, 0.3) is 11.8 Å². The van der Waals surface area contributed by atoms with Gasteiger partial charge in [0, 0.05) is 50.2 Å². The Morgan fingerprint density at radius 1 is 1.33 bits per heavy atom. The number of amides is 3. The highest BCUT2D eigenvalue weighted by Gasteiger charge is 2.41. The fourth-order valence-electron chi connectivity index (χ4n) is 4.46. The fraction of sp³-hybridized carbons (Fsp3) is 0.625. The molecule has 182 valence electrons. The number of hydrogen-bond donors (Lipinski definition) is 1. The van der Waals surface area contributed by atoms with Crippen molar-refractivity contribution < 1.29 is 19.1 Å². The molecule has 1 saturated heterocycles. The molecule has 2 aliphatic heterocycles. The molecule has 0 aromatic heterocycles. The summed E-state index contributed by atoms with van der Waals surface area (Å²) < 4.78 is 7.70. The molecule has 9 heteroatoms. The quantitative estimate of drug-likeness (QED) is 0.608. The van der Waals surface area contributed by atoms with Crippen LogP contribution < -0.4 is 15.0 Å². The largest absolute Gasteiger partial charge is 0.476 e. The van der Waals surface area contributed by atoms with Crippen LogP contribution in [0.15, 0.2) is 18.2 Å². The molecule has 1 aromatic carbocycles. The van der Waals surface area contributed by atoms with E-state index < -0.39 is 5.60 Å². The number of anilines is 1. The number of nitrogens with one attached hydrogen (secondary N) is 1. The van der Waals surface area contributed by atoms with Gasteiger partial charge in [-0.25, -0.2) is 4.42 Å². The molecule has 3 amide bonds. The van der Waals surface area contributed by atoms with Crippen molar-refractivity contribution in [3.63, 3.8) is 0 Å². The Balaban J connectivity index is 1.90. The number of hydrogen-bond acceptors (Lipinski definition) is 5. The lowest BCUT2D eigenvalue weighted by Gasteiger charge is -2.40. The molecule has 0 radical (unpaired) electrons. The minimum Gasteiger partial charge on any atom is -0.476 e. The number of fused-ring (bicyclic) bond motifs is 1. The van der Waals surface area contributed by atoms with Crippen LogP contribution in [0.3, 0.4) is 0 Å². The molecule has 2 heterocycles. The molecular formula is C24H35ClN4O4. The number of carbonyl (C=O) groups excluding carboxylic acids is 3. The van der Waals surface area contributed by atoms with E-state index in [0.717, 1.165) is 19.4 Å². The molecular weight excluding hydrogens is 444 g/mol. The normalized spacial score (nSPS) is 20.3. The summed E-state index contributed by atoms with van der Waals surface area (Å²) >= 11 is 6.25. The Morgan fingerprint density at radius 3 is 2.70 bits per heavy atom. The highest BCUT2D eigenvalue weighted by molar-refractivity contribution is 6.13. The van der Waals surface area contributed by atoms with Crippen LogP contribution in [0.5, 0.6) is 5.75 Å². The van der Waals surface area contributed by atoms with E-state index in [-0.39, 0.29) is 29.8 Å². The van der Waals surface area contributed by atoms with Gasteiger partial charge < -0.3 is 19.9 Å². The van der Waals surface area contributed by atoms with Crippen molar-refractivity contribution in [3.8, 4) is 5.75 Å². The predicted octanol–water partition coefficient (Wildman–Crippen LogP) is 3.19. The molecule has 0 aliphatic carbocycles. The van der Waals surface area contributed by atoms with Crippen LogP contribution in [0.1, 0.15) is 64.2 Å². The smallest absolute Gasteiger partial charge is 0.270 e. The number of halogens is 1. The third-order valence-electron chi connectivity index (χ3n) is 6.13.